The number of hydrogen-bond donors (Lipinski definition) is 1. The van der Waals surface area contributed by atoms with Crippen LogP contribution in [0.3, 0.4) is 0 Å². The van der Waals surface area contributed by atoms with Gasteiger partial charge in [0.15, 0.2) is 0 Å². The quantitative estimate of drug-likeness (QED) is 0.435. The second-order valence-electron chi connectivity index (χ2n) is 8.28. The van der Waals surface area contributed by atoms with E-state index in [0.717, 1.165) is 40.8 Å². The number of carbonyl (C=O) groups is 1. The fourth-order valence-corrected chi connectivity index (χ4v) is 4.87. The molecule has 7 nitrogen and oxygen atoms in total. The number of anilines is 1. The van der Waals surface area contributed by atoms with Crippen molar-refractivity contribution in [3.8, 4) is 17.2 Å². The van der Waals surface area contributed by atoms with Crippen LogP contribution >= 0.6 is 0 Å². The molecule has 0 bridgehead atoms. The summed E-state index contributed by atoms with van der Waals surface area (Å²) in [5.74, 6) is 1.01. The Morgan fingerprint density at radius 1 is 1.16 bits per heavy atom. The lowest BCUT2D eigenvalue weighted by molar-refractivity contribution is 0.102. The first-order valence-corrected chi connectivity index (χ1v) is 11.0. The Hall–Kier alpha value is -3.61. The summed E-state index contributed by atoms with van der Waals surface area (Å²) in [5.41, 5.74) is 4.19. The van der Waals surface area contributed by atoms with E-state index in [2.05, 4.69) is 26.1 Å². The first kappa shape index (κ1) is 20.3. The van der Waals surface area contributed by atoms with E-state index in [9.17, 15) is 4.79 Å². The molecule has 1 amide bonds. The third-order valence-electron chi connectivity index (χ3n) is 6.35. The second kappa shape index (κ2) is 8.49. The number of carbonyl (C=O) groups excluding carboxylic acids is 1. The number of methoxy groups -OCH3 is 1. The number of hydrogen-bond acceptors (Lipinski definition) is 5. The van der Waals surface area contributed by atoms with Crippen molar-refractivity contribution in [3.05, 3.63) is 60.1 Å². The average Bonchev–Trinajstić information content (AvgIpc) is 3.45. The SMILES string of the molecule is COc1ccc2c(c1)c(C(=O)Nc1cccc(-c3nnco3)c1)c(C)n2C1CCCCC1. The van der Waals surface area contributed by atoms with Crippen LogP contribution in [0, 0.1) is 6.92 Å². The number of nitrogens with one attached hydrogen (secondary N) is 1. The minimum atomic E-state index is -0.141. The third-order valence-corrected chi connectivity index (χ3v) is 6.35. The summed E-state index contributed by atoms with van der Waals surface area (Å²) in [6.45, 7) is 2.05. The van der Waals surface area contributed by atoms with Gasteiger partial charge in [-0.05, 0) is 56.2 Å². The monoisotopic (exact) mass is 430 g/mol. The van der Waals surface area contributed by atoms with Crippen LogP contribution in [0.2, 0.25) is 0 Å². The second-order valence-corrected chi connectivity index (χ2v) is 8.28. The molecule has 1 fully saturated rings. The Morgan fingerprint density at radius 3 is 2.75 bits per heavy atom. The summed E-state index contributed by atoms with van der Waals surface area (Å²) in [4.78, 5) is 13.5. The summed E-state index contributed by atoms with van der Waals surface area (Å²) < 4.78 is 13.1. The topological polar surface area (TPSA) is 82.2 Å². The average molecular weight is 431 g/mol. The van der Waals surface area contributed by atoms with Gasteiger partial charge in [-0.15, -0.1) is 10.2 Å². The molecular weight excluding hydrogens is 404 g/mol. The minimum Gasteiger partial charge on any atom is -0.497 e. The maximum Gasteiger partial charge on any atom is 0.258 e. The van der Waals surface area contributed by atoms with E-state index in [1.807, 2.05) is 43.3 Å². The van der Waals surface area contributed by atoms with Crippen LogP contribution in [-0.4, -0.2) is 27.8 Å². The summed E-state index contributed by atoms with van der Waals surface area (Å²) in [5, 5.41) is 11.7. The molecule has 0 radical (unpaired) electrons. The molecule has 2 heterocycles. The van der Waals surface area contributed by atoms with E-state index in [1.165, 1.54) is 25.7 Å². The molecule has 7 heteroatoms. The molecule has 1 N–H and O–H groups in total. The van der Waals surface area contributed by atoms with E-state index < -0.39 is 0 Å². The normalized spacial score (nSPS) is 14.6. The van der Waals surface area contributed by atoms with Crippen molar-refractivity contribution in [2.24, 2.45) is 0 Å². The highest BCUT2D eigenvalue weighted by Crippen LogP contribution is 2.37. The molecule has 2 aromatic heterocycles. The highest BCUT2D eigenvalue weighted by Gasteiger charge is 2.26. The minimum absolute atomic E-state index is 0.141. The predicted octanol–water partition coefficient (Wildman–Crippen LogP) is 5.77. The van der Waals surface area contributed by atoms with Gasteiger partial charge in [0, 0.05) is 33.9 Å². The van der Waals surface area contributed by atoms with Gasteiger partial charge in [0.1, 0.15) is 5.75 Å². The molecule has 0 spiro atoms. The maximum atomic E-state index is 13.5. The Morgan fingerprint density at radius 2 is 2.00 bits per heavy atom. The maximum absolute atomic E-state index is 13.5. The number of ether oxygens (including phenoxy) is 1. The van der Waals surface area contributed by atoms with Crippen molar-refractivity contribution in [2.75, 3.05) is 12.4 Å². The van der Waals surface area contributed by atoms with Crippen molar-refractivity contribution in [2.45, 2.75) is 45.1 Å². The lowest BCUT2D eigenvalue weighted by atomic mass is 9.95. The van der Waals surface area contributed by atoms with Gasteiger partial charge in [-0.1, -0.05) is 25.3 Å². The largest absolute Gasteiger partial charge is 0.497 e. The highest BCUT2D eigenvalue weighted by molar-refractivity contribution is 6.14. The molecule has 0 atom stereocenters. The highest BCUT2D eigenvalue weighted by atomic mass is 16.5. The van der Waals surface area contributed by atoms with Crippen LogP contribution in [-0.2, 0) is 0 Å². The van der Waals surface area contributed by atoms with Crippen LogP contribution < -0.4 is 10.1 Å². The van der Waals surface area contributed by atoms with Gasteiger partial charge >= 0.3 is 0 Å². The summed E-state index contributed by atoms with van der Waals surface area (Å²) in [6, 6.07) is 13.8. The summed E-state index contributed by atoms with van der Waals surface area (Å²) in [6.07, 6.45) is 7.31. The van der Waals surface area contributed by atoms with Crippen LogP contribution in [0.5, 0.6) is 5.75 Å². The van der Waals surface area contributed by atoms with E-state index in [4.69, 9.17) is 9.15 Å². The molecule has 1 saturated carbocycles. The van der Waals surface area contributed by atoms with Crippen molar-refractivity contribution < 1.29 is 13.9 Å². The molecule has 0 aliphatic heterocycles. The van der Waals surface area contributed by atoms with Gasteiger partial charge in [0.2, 0.25) is 12.3 Å². The van der Waals surface area contributed by atoms with Crippen molar-refractivity contribution in [1.82, 2.24) is 14.8 Å². The van der Waals surface area contributed by atoms with E-state index in [-0.39, 0.29) is 5.91 Å². The molecule has 1 aliphatic rings. The van der Waals surface area contributed by atoms with Crippen molar-refractivity contribution in [3.63, 3.8) is 0 Å². The molecule has 32 heavy (non-hydrogen) atoms. The van der Waals surface area contributed by atoms with Gasteiger partial charge in [0.25, 0.3) is 5.91 Å². The van der Waals surface area contributed by atoms with Gasteiger partial charge in [0.05, 0.1) is 12.7 Å². The number of benzene rings is 2. The lowest BCUT2D eigenvalue weighted by Gasteiger charge is -2.26. The first-order chi connectivity index (χ1) is 15.7. The van der Waals surface area contributed by atoms with Crippen molar-refractivity contribution in [1.29, 1.82) is 0 Å². The third kappa shape index (κ3) is 3.64. The molecule has 1 aliphatic carbocycles. The Kier molecular flexibility index (Phi) is 5.39. The molecule has 0 unspecified atom stereocenters. The number of aromatic nitrogens is 3. The zero-order valence-corrected chi connectivity index (χ0v) is 18.3. The Labute approximate surface area is 186 Å². The fraction of sp³-hybridized carbons (Fsp3) is 0.320. The Bertz CT molecular complexity index is 1250. The van der Waals surface area contributed by atoms with Crippen LogP contribution in [0.1, 0.15) is 54.2 Å². The predicted molar refractivity (Wildman–Crippen MR) is 123 cm³/mol. The van der Waals surface area contributed by atoms with Gasteiger partial charge in [-0.2, -0.15) is 0 Å². The van der Waals surface area contributed by atoms with Crippen LogP contribution in [0.25, 0.3) is 22.4 Å². The molecular formula is C25H26N4O3. The molecule has 2 aromatic carbocycles. The molecule has 0 saturated heterocycles. The zero-order chi connectivity index (χ0) is 22.1. The van der Waals surface area contributed by atoms with E-state index in [1.54, 1.807) is 7.11 Å². The zero-order valence-electron chi connectivity index (χ0n) is 18.3. The smallest absolute Gasteiger partial charge is 0.258 e. The number of fused-ring (bicyclic) bond motifs is 1. The molecule has 4 aromatic rings. The van der Waals surface area contributed by atoms with Crippen LogP contribution in [0.4, 0.5) is 5.69 Å². The van der Waals surface area contributed by atoms with Crippen molar-refractivity contribution >= 4 is 22.5 Å². The summed E-state index contributed by atoms with van der Waals surface area (Å²) >= 11 is 0. The van der Waals surface area contributed by atoms with Gasteiger partial charge in [-0.25, -0.2) is 0 Å². The summed E-state index contributed by atoms with van der Waals surface area (Å²) in [7, 11) is 1.65. The van der Waals surface area contributed by atoms with E-state index in [0.29, 0.717) is 23.2 Å². The first-order valence-electron chi connectivity index (χ1n) is 11.0. The number of amides is 1. The number of nitrogens with zero attached hydrogens (tertiary/aromatic N) is 3. The molecule has 164 valence electrons. The number of rotatable bonds is 5. The standard InChI is InChI=1S/C25H26N4O3/c1-16-23(24(30)27-18-8-6-7-17(13-18)25-28-26-15-32-25)21-14-20(31-2)11-12-22(21)29(16)19-9-4-3-5-10-19/h6-8,11-15,19H,3-5,9-10H2,1-2H3,(H,27,30). The molecule has 5 rings (SSSR count). The Balaban J connectivity index is 1.55. The van der Waals surface area contributed by atoms with Gasteiger partial charge < -0.3 is 19.0 Å². The van der Waals surface area contributed by atoms with Crippen LogP contribution in [0.15, 0.2) is 53.3 Å². The van der Waals surface area contributed by atoms with Gasteiger partial charge in [-0.3, -0.25) is 4.79 Å². The lowest BCUT2D eigenvalue weighted by Crippen LogP contribution is -2.16. The van der Waals surface area contributed by atoms with E-state index >= 15 is 0 Å². The fourth-order valence-electron chi connectivity index (χ4n) is 4.87.